The number of nitrogens with one attached hydrogen (secondary N) is 1. The van der Waals surface area contributed by atoms with Gasteiger partial charge in [0, 0.05) is 30.9 Å². The SMILES string of the molecule is CN(C)S(=O)(=O)c1ccc(NC(=O)COC(=O)c2c3c(nc4ccccc24)CCCC3)cc1. The van der Waals surface area contributed by atoms with E-state index in [9.17, 15) is 18.0 Å². The summed E-state index contributed by atoms with van der Waals surface area (Å²) in [6.45, 7) is -0.456. The molecule has 4 rings (SSSR count). The van der Waals surface area contributed by atoms with Gasteiger partial charge in [-0.25, -0.2) is 17.5 Å². The normalized spacial score (nSPS) is 13.5. The second-order valence-corrected chi connectivity index (χ2v) is 10.2. The molecule has 1 aromatic heterocycles. The van der Waals surface area contributed by atoms with Gasteiger partial charge in [0.15, 0.2) is 6.61 Å². The highest BCUT2D eigenvalue weighted by Gasteiger charge is 2.24. The van der Waals surface area contributed by atoms with Crippen LogP contribution in [0.4, 0.5) is 5.69 Å². The number of pyridine rings is 1. The predicted octanol–water partition coefficient (Wildman–Crippen LogP) is 3.16. The Balaban J connectivity index is 1.47. The molecule has 2 aromatic carbocycles. The van der Waals surface area contributed by atoms with Crippen molar-refractivity contribution in [1.82, 2.24) is 9.29 Å². The number of hydrogen-bond donors (Lipinski definition) is 1. The van der Waals surface area contributed by atoms with Gasteiger partial charge in [0.25, 0.3) is 5.91 Å². The van der Waals surface area contributed by atoms with Crippen LogP contribution in [0.15, 0.2) is 53.4 Å². The van der Waals surface area contributed by atoms with E-state index in [2.05, 4.69) is 5.32 Å². The van der Waals surface area contributed by atoms with Crippen LogP contribution in [0.2, 0.25) is 0 Å². The molecule has 0 spiro atoms. The van der Waals surface area contributed by atoms with Crippen molar-refractivity contribution in [2.24, 2.45) is 0 Å². The first-order valence-electron chi connectivity index (χ1n) is 10.7. The summed E-state index contributed by atoms with van der Waals surface area (Å²) in [6.07, 6.45) is 3.59. The van der Waals surface area contributed by atoms with Gasteiger partial charge in [-0.15, -0.1) is 0 Å². The van der Waals surface area contributed by atoms with Crippen LogP contribution < -0.4 is 5.32 Å². The van der Waals surface area contributed by atoms with Gasteiger partial charge >= 0.3 is 5.97 Å². The van der Waals surface area contributed by atoms with Crippen molar-refractivity contribution < 1.29 is 22.7 Å². The molecule has 0 bridgehead atoms. The lowest BCUT2D eigenvalue weighted by molar-refractivity contribution is -0.119. The Morgan fingerprint density at radius 3 is 2.45 bits per heavy atom. The van der Waals surface area contributed by atoms with Crippen LogP contribution in [0.1, 0.15) is 34.5 Å². The zero-order valence-corrected chi connectivity index (χ0v) is 19.3. The van der Waals surface area contributed by atoms with Crippen LogP contribution in [-0.4, -0.2) is 50.3 Å². The number of aryl methyl sites for hydroxylation is 1. The van der Waals surface area contributed by atoms with E-state index in [4.69, 9.17) is 9.72 Å². The molecule has 1 heterocycles. The molecule has 0 aliphatic heterocycles. The number of fused-ring (bicyclic) bond motifs is 2. The number of nitrogens with zero attached hydrogens (tertiary/aromatic N) is 2. The minimum absolute atomic E-state index is 0.117. The Bertz CT molecular complexity index is 1320. The van der Waals surface area contributed by atoms with Crippen molar-refractivity contribution in [2.75, 3.05) is 26.0 Å². The number of carbonyl (C=O) groups excluding carboxylic acids is 2. The summed E-state index contributed by atoms with van der Waals surface area (Å²) >= 11 is 0. The lowest BCUT2D eigenvalue weighted by atomic mass is 9.90. The van der Waals surface area contributed by atoms with Crippen molar-refractivity contribution in [1.29, 1.82) is 0 Å². The van der Waals surface area contributed by atoms with Crippen LogP contribution in [0.3, 0.4) is 0 Å². The Labute approximate surface area is 192 Å². The van der Waals surface area contributed by atoms with Gasteiger partial charge in [-0.3, -0.25) is 9.78 Å². The molecule has 0 unspecified atom stereocenters. The molecule has 0 saturated carbocycles. The lowest BCUT2D eigenvalue weighted by Crippen LogP contribution is -2.23. The summed E-state index contributed by atoms with van der Waals surface area (Å²) in [5, 5.41) is 3.34. The fourth-order valence-corrected chi connectivity index (χ4v) is 4.83. The maximum absolute atomic E-state index is 13.0. The molecule has 1 amide bonds. The van der Waals surface area contributed by atoms with Gasteiger partial charge in [0.05, 0.1) is 16.0 Å². The second-order valence-electron chi connectivity index (χ2n) is 8.07. The number of esters is 1. The number of ether oxygens (including phenoxy) is 1. The van der Waals surface area contributed by atoms with Crippen LogP contribution in [0.5, 0.6) is 0 Å². The van der Waals surface area contributed by atoms with Gasteiger partial charge < -0.3 is 10.1 Å². The molecule has 0 saturated heterocycles. The van der Waals surface area contributed by atoms with Crippen molar-refractivity contribution in [3.63, 3.8) is 0 Å². The van der Waals surface area contributed by atoms with E-state index in [0.717, 1.165) is 52.1 Å². The average Bonchev–Trinajstić information content (AvgIpc) is 2.81. The summed E-state index contributed by atoms with van der Waals surface area (Å²) in [4.78, 5) is 30.2. The zero-order valence-electron chi connectivity index (χ0n) is 18.5. The van der Waals surface area contributed by atoms with Gasteiger partial charge in [-0.05, 0) is 61.6 Å². The van der Waals surface area contributed by atoms with E-state index >= 15 is 0 Å². The number of benzene rings is 2. The summed E-state index contributed by atoms with van der Waals surface area (Å²) in [5.74, 6) is -1.06. The van der Waals surface area contributed by atoms with E-state index in [1.165, 1.54) is 38.4 Å². The third-order valence-corrected chi connectivity index (χ3v) is 7.45. The van der Waals surface area contributed by atoms with Crippen LogP contribution in [0, 0.1) is 0 Å². The largest absolute Gasteiger partial charge is 0.452 e. The Kier molecular flexibility index (Phi) is 6.44. The number of rotatable bonds is 6. The fourth-order valence-electron chi connectivity index (χ4n) is 3.93. The van der Waals surface area contributed by atoms with Crippen LogP contribution in [-0.2, 0) is 32.4 Å². The highest BCUT2D eigenvalue weighted by molar-refractivity contribution is 7.89. The predicted molar refractivity (Wildman–Crippen MR) is 125 cm³/mol. The van der Waals surface area contributed by atoms with E-state index < -0.39 is 28.5 Å². The maximum atomic E-state index is 13.0. The smallest absolute Gasteiger partial charge is 0.339 e. The van der Waals surface area contributed by atoms with Gasteiger partial charge in [0.1, 0.15) is 0 Å². The average molecular weight is 468 g/mol. The topological polar surface area (TPSA) is 106 Å². The highest BCUT2D eigenvalue weighted by atomic mass is 32.2. The Morgan fingerprint density at radius 2 is 1.73 bits per heavy atom. The van der Waals surface area contributed by atoms with Gasteiger partial charge in [0.2, 0.25) is 10.0 Å². The zero-order chi connectivity index (χ0) is 23.6. The van der Waals surface area contributed by atoms with Crippen molar-refractivity contribution in [3.05, 3.63) is 65.4 Å². The van der Waals surface area contributed by atoms with Gasteiger partial charge in [-0.1, -0.05) is 18.2 Å². The third kappa shape index (κ3) is 4.74. The Morgan fingerprint density at radius 1 is 1.03 bits per heavy atom. The van der Waals surface area contributed by atoms with E-state index in [1.54, 1.807) is 0 Å². The van der Waals surface area contributed by atoms with E-state index in [0.29, 0.717) is 11.3 Å². The van der Waals surface area contributed by atoms with Crippen LogP contribution >= 0.6 is 0 Å². The van der Waals surface area contributed by atoms with Crippen molar-refractivity contribution in [3.8, 4) is 0 Å². The molecule has 1 N–H and O–H groups in total. The molecular weight excluding hydrogens is 442 g/mol. The lowest BCUT2D eigenvalue weighted by Gasteiger charge is -2.20. The number of anilines is 1. The molecule has 0 radical (unpaired) electrons. The second kappa shape index (κ2) is 9.29. The number of carbonyl (C=O) groups is 2. The Hall–Kier alpha value is -3.30. The molecule has 9 heteroatoms. The summed E-state index contributed by atoms with van der Waals surface area (Å²) in [7, 11) is -0.660. The molecule has 1 aliphatic rings. The van der Waals surface area contributed by atoms with E-state index in [-0.39, 0.29) is 4.90 Å². The first-order chi connectivity index (χ1) is 15.8. The number of para-hydroxylation sites is 1. The monoisotopic (exact) mass is 467 g/mol. The molecule has 0 fully saturated rings. The number of amides is 1. The van der Waals surface area contributed by atoms with E-state index in [1.807, 2.05) is 24.3 Å². The first-order valence-corrected chi connectivity index (χ1v) is 12.1. The van der Waals surface area contributed by atoms with Crippen molar-refractivity contribution in [2.45, 2.75) is 30.6 Å². The van der Waals surface area contributed by atoms with Gasteiger partial charge in [-0.2, -0.15) is 0 Å². The molecular formula is C24H25N3O5S. The molecule has 3 aromatic rings. The number of hydrogen-bond acceptors (Lipinski definition) is 6. The number of sulfonamides is 1. The van der Waals surface area contributed by atoms with Crippen LogP contribution in [0.25, 0.3) is 10.9 Å². The summed E-state index contributed by atoms with van der Waals surface area (Å²) in [6, 6.07) is 13.2. The third-order valence-electron chi connectivity index (χ3n) is 5.62. The van der Waals surface area contributed by atoms with Crippen molar-refractivity contribution >= 4 is 38.5 Å². The maximum Gasteiger partial charge on any atom is 0.339 e. The molecule has 8 nitrogen and oxygen atoms in total. The molecule has 33 heavy (non-hydrogen) atoms. The highest BCUT2D eigenvalue weighted by Crippen LogP contribution is 2.29. The fraction of sp³-hybridized carbons (Fsp3) is 0.292. The first kappa shape index (κ1) is 22.9. The minimum Gasteiger partial charge on any atom is -0.452 e. The number of aromatic nitrogens is 1. The quantitative estimate of drug-likeness (QED) is 0.558. The molecule has 0 atom stereocenters. The summed E-state index contributed by atoms with van der Waals surface area (Å²) in [5.41, 5.74) is 3.45. The standard InChI is InChI=1S/C24H25N3O5S/c1-27(2)33(30,31)17-13-11-16(12-14-17)25-22(28)15-32-24(29)23-18-7-3-5-9-20(18)26-21-10-6-4-8-19(21)23/h3,5,7,9,11-14H,4,6,8,10,15H2,1-2H3,(H,25,28). The molecule has 1 aliphatic carbocycles. The molecule has 172 valence electrons. The minimum atomic E-state index is -3.55. The summed E-state index contributed by atoms with van der Waals surface area (Å²) < 4.78 is 30.8.